The van der Waals surface area contributed by atoms with E-state index < -0.39 is 12.1 Å². The minimum atomic E-state index is -5.08. The molecule has 2 aliphatic rings. The van der Waals surface area contributed by atoms with Gasteiger partial charge in [-0.15, -0.1) is 11.3 Å². The Balaban J connectivity index is 0.000000406. The molecule has 1 atom stereocenters. The number of carbonyl (C=O) groups is 2. The zero-order chi connectivity index (χ0) is 24.8. The summed E-state index contributed by atoms with van der Waals surface area (Å²) in [6.45, 7) is 5.02. The number of hydrogen-bond donors (Lipinski definition) is 1. The number of carboxylic acids is 1. The molecule has 2 fully saturated rings. The van der Waals surface area contributed by atoms with Gasteiger partial charge in [0.05, 0.1) is 17.1 Å². The lowest BCUT2D eigenvalue weighted by Gasteiger charge is -2.42. The van der Waals surface area contributed by atoms with Gasteiger partial charge >= 0.3 is 12.1 Å². The van der Waals surface area contributed by atoms with Crippen molar-refractivity contribution in [1.82, 2.24) is 9.88 Å². The number of halogens is 3. The van der Waals surface area contributed by atoms with Crippen molar-refractivity contribution in [2.24, 2.45) is 5.92 Å². The van der Waals surface area contributed by atoms with E-state index in [0.29, 0.717) is 18.4 Å². The molecular formula is C23H27F3N2O5S. The van der Waals surface area contributed by atoms with E-state index in [2.05, 4.69) is 4.98 Å². The van der Waals surface area contributed by atoms with Gasteiger partial charge in [-0.25, -0.2) is 9.78 Å². The molecule has 1 unspecified atom stereocenters. The number of nitrogens with zero attached hydrogens (tertiary/aromatic N) is 2. The van der Waals surface area contributed by atoms with Gasteiger partial charge in [0, 0.05) is 32.0 Å². The van der Waals surface area contributed by atoms with Crippen LogP contribution < -0.4 is 4.74 Å². The number of pyridine rings is 1. The molecule has 0 aromatic carbocycles. The smallest absolute Gasteiger partial charge is 0.478 e. The lowest BCUT2D eigenvalue weighted by atomic mass is 9.78. The molecule has 0 saturated carbocycles. The van der Waals surface area contributed by atoms with Gasteiger partial charge in [-0.1, -0.05) is 6.07 Å². The van der Waals surface area contributed by atoms with Crippen molar-refractivity contribution in [3.63, 3.8) is 0 Å². The molecule has 0 radical (unpaired) electrons. The van der Waals surface area contributed by atoms with Crippen LogP contribution in [0.1, 0.15) is 40.9 Å². The minimum absolute atomic E-state index is 0.0885. The third-order valence-corrected chi connectivity index (χ3v) is 7.15. The normalized spacial score (nSPS) is 19.4. The van der Waals surface area contributed by atoms with Crippen molar-refractivity contribution in [2.45, 2.75) is 44.4 Å². The Bertz CT molecular complexity index is 959. The molecule has 0 aliphatic carbocycles. The van der Waals surface area contributed by atoms with E-state index in [4.69, 9.17) is 19.4 Å². The Hall–Kier alpha value is -2.66. The number of hydrogen-bond acceptors (Lipinski definition) is 6. The summed E-state index contributed by atoms with van der Waals surface area (Å²) >= 11 is 1.54. The van der Waals surface area contributed by atoms with Crippen LogP contribution >= 0.6 is 11.3 Å². The fraction of sp³-hybridized carbons (Fsp3) is 0.522. The van der Waals surface area contributed by atoms with Crippen LogP contribution in [0.5, 0.6) is 5.88 Å². The molecule has 4 rings (SSSR count). The maximum Gasteiger partial charge on any atom is 0.490 e. The lowest BCUT2D eigenvalue weighted by molar-refractivity contribution is -0.192. The van der Waals surface area contributed by atoms with Crippen molar-refractivity contribution in [2.75, 3.05) is 26.3 Å². The summed E-state index contributed by atoms with van der Waals surface area (Å²) in [5, 5.41) is 9.12. The number of carboxylic acid groups (broad SMARTS) is 1. The molecule has 0 bridgehead atoms. The number of alkyl halides is 3. The third kappa shape index (κ3) is 6.47. The quantitative estimate of drug-likeness (QED) is 0.647. The van der Waals surface area contributed by atoms with Gasteiger partial charge in [0.2, 0.25) is 5.88 Å². The second-order valence-electron chi connectivity index (χ2n) is 8.23. The molecule has 11 heteroatoms. The van der Waals surface area contributed by atoms with Gasteiger partial charge in [-0.2, -0.15) is 13.2 Å². The average molecular weight is 501 g/mol. The Kier molecular flexibility index (Phi) is 8.53. The first-order valence-electron chi connectivity index (χ1n) is 10.9. The highest BCUT2D eigenvalue weighted by molar-refractivity contribution is 7.12. The van der Waals surface area contributed by atoms with Crippen molar-refractivity contribution in [1.29, 1.82) is 0 Å². The molecule has 2 aromatic heterocycles. The highest BCUT2D eigenvalue weighted by Gasteiger charge is 2.46. The number of aromatic nitrogens is 1. The van der Waals surface area contributed by atoms with Gasteiger partial charge in [-0.05, 0) is 61.6 Å². The third-order valence-electron chi connectivity index (χ3n) is 6.15. The summed E-state index contributed by atoms with van der Waals surface area (Å²) in [5.41, 5.74) is 0.987. The van der Waals surface area contributed by atoms with Gasteiger partial charge in [0.15, 0.2) is 0 Å². The first-order valence-corrected chi connectivity index (χ1v) is 11.8. The summed E-state index contributed by atoms with van der Waals surface area (Å²) in [5.74, 6) is -1.42. The van der Waals surface area contributed by atoms with E-state index in [-0.39, 0.29) is 11.5 Å². The number of carbonyl (C=O) groups excluding carboxylic acids is 1. The maximum absolute atomic E-state index is 12.8. The van der Waals surface area contributed by atoms with Gasteiger partial charge in [-0.3, -0.25) is 4.79 Å². The largest absolute Gasteiger partial charge is 0.490 e. The second kappa shape index (κ2) is 11.2. The number of piperidine rings is 1. The van der Waals surface area contributed by atoms with Gasteiger partial charge in [0.1, 0.15) is 0 Å². The van der Waals surface area contributed by atoms with E-state index in [1.54, 1.807) is 6.20 Å². The lowest BCUT2D eigenvalue weighted by Crippen LogP contribution is -2.49. The zero-order valence-corrected chi connectivity index (χ0v) is 19.5. The Morgan fingerprint density at radius 3 is 2.56 bits per heavy atom. The highest BCUT2D eigenvalue weighted by atomic mass is 32.1. The van der Waals surface area contributed by atoms with Crippen LogP contribution in [-0.4, -0.2) is 64.9 Å². The second-order valence-corrected chi connectivity index (χ2v) is 9.15. The van der Waals surface area contributed by atoms with Crippen LogP contribution in [0, 0.1) is 12.8 Å². The molecule has 1 amide bonds. The Morgan fingerprint density at radius 1 is 1.29 bits per heavy atom. The van der Waals surface area contributed by atoms with Crippen molar-refractivity contribution in [3.05, 3.63) is 46.3 Å². The van der Waals surface area contributed by atoms with Crippen LogP contribution in [0.25, 0.3) is 0 Å². The number of thiophene rings is 1. The highest BCUT2D eigenvalue weighted by Crippen LogP contribution is 2.42. The molecule has 186 valence electrons. The number of aryl methyl sites for hydroxylation is 1. The first kappa shape index (κ1) is 26.0. The Labute approximate surface area is 199 Å². The van der Waals surface area contributed by atoms with E-state index in [1.807, 2.05) is 41.5 Å². The van der Waals surface area contributed by atoms with Gasteiger partial charge < -0.3 is 19.5 Å². The van der Waals surface area contributed by atoms with E-state index in [9.17, 15) is 18.0 Å². The van der Waals surface area contributed by atoms with E-state index in [1.165, 1.54) is 11.3 Å². The summed E-state index contributed by atoms with van der Waals surface area (Å²) < 4.78 is 43.8. The van der Waals surface area contributed by atoms with Crippen molar-refractivity contribution >= 4 is 23.2 Å². The van der Waals surface area contributed by atoms with Gasteiger partial charge in [0.25, 0.3) is 5.91 Å². The number of amides is 1. The standard InChI is InChI=1S/C21H26N2O3S.C2HF3O2/c1-16-7-15-27-19(16)20(24)23-11-8-21(9-12-23)17(6-14-26-21)5-13-25-18-4-2-3-10-22-18;3-2(4,5)1(6)7/h2-4,7,10,15,17H,5-6,8-9,11-14H2,1H3;(H,6,7). The average Bonchev–Trinajstić information content (AvgIpc) is 3.40. The topological polar surface area (TPSA) is 89.0 Å². The van der Waals surface area contributed by atoms with E-state index in [0.717, 1.165) is 55.8 Å². The predicted octanol–water partition coefficient (Wildman–Crippen LogP) is 4.57. The molecule has 2 aliphatic heterocycles. The number of ether oxygens (including phenoxy) is 2. The maximum atomic E-state index is 12.8. The van der Waals surface area contributed by atoms with E-state index >= 15 is 0 Å². The minimum Gasteiger partial charge on any atom is -0.478 e. The summed E-state index contributed by atoms with van der Waals surface area (Å²) in [6, 6.07) is 7.72. The predicted molar refractivity (Wildman–Crippen MR) is 119 cm³/mol. The number of rotatable bonds is 5. The summed E-state index contributed by atoms with van der Waals surface area (Å²) in [6.07, 6.45) is 0.532. The molecule has 2 aromatic rings. The van der Waals surface area contributed by atoms with Crippen molar-refractivity contribution in [3.8, 4) is 5.88 Å². The molecule has 1 spiro atoms. The fourth-order valence-electron chi connectivity index (χ4n) is 4.31. The molecule has 1 N–H and O–H groups in total. The molecular weight excluding hydrogens is 473 g/mol. The summed E-state index contributed by atoms with van der Waals surface area (Å²) in [4.78, 5) is 28.7. The van der Waals surface area contributed by atoms with Crippen LogP contribution in [0.3, 0.4) is 0 Å². The number of likely N-dealkylation sites (tertiary alicyclic amines) is 1. The van der Waals surface area contributed by atoms with Crippen LogP contribution in [-0.2, 0) is 9.53 Å². The molecule has 4 heterocycles. The monoisotopic (exact) mass is 500 g/mol. The van der Waals surface area contributed by atoms with Crippen molar-refractivity contribution < 1.29 is 37.3 Å². The Morgan fingerprint density at radius 2 is 2.00 bits per heavy atom. The number of aliphatic carboxylic acids is 1. The van der Waals surface area contributed by atoms with Crippen LogP contribution in [0.15, 0.2) is 35.8 Å². The zero-order valence-electron chi connectivity index (χ0n) is 18.7. The van der Waals surface area contributed by atoms with Crippen LogP contribution in [0.2, 0.25) is 0 Å². The summed E-state index contributed by atoms with van der Waals surface area (Å²) in [7, 11) is 0. The van der Waals surface area contributed by atoms with Crippen LogP contribution in [0.4, 0.5) is 13.2 Å². The first-order chi connectivity index (χ1) is 16.1. The fourth-order valence-corrected chi connectivity index (χ4v) is 5.20. The molecule has 2 saturated heterocycles. The molecule has 34 heavy (non-hydrogen) atoms. The SMILES string of the molecule is Cc1ccsc1C(=O)N1CCC2(CC1)OCCC2CCOc1ccccn1.O=C(O)C(F)(F)F. The molecule has 7 nitrogen and oxygen atoms in total.